The third-order valence-corrected chi connectivity index (χ3v) is 8.42. The zero-order chi connectivity index (χ0) is 36.0. The van der Waals surface area contributed by atoms with Crippen LogP contribution in [0.15, 0.2) is 91.0 Å². The normalized spacial score (nSPS) is 15.1. The van der Waals surface area contributed by atoms with Gasteiger partial charge in [0.15, 0.2) is 0 Å². The molecule has 4 amide bonds. The van der Waals surface area contributed by atoms with E-state index in [1.165, 1.54) is 0 Å². The van der Waals surface area contributed by atoms with Crippen molar-refractivity contribution in [1.82, 2.24) is 16.0 Å². The van der Waals surface area contributed by atoms with E-state index < -0.39 is 59.6 Å². The van der Waals surface area contributed by atoms with Crippen LogP contribution < -0.4 is 21.7 Å². The highest BCUT2D eigenvalue weighted by Gasteiger charge is 2.34. The maximum Gasteiger partial charge on any atom is 0.407 e. The second-order valence-corrected chi connectivity index (χ2v) is 13.7. The van der Waals surface area contributed by atoms with E-state index in [2.05, 4.69) is 16.0 Å². The van der Waals surface area contributed by atoms with Gasteiger partial charge in [-0.3, -0.25) is 14.4 Å². The lowest BCUT2D eigenvalue weighted by atomic mass is 9.88. The van der Waals surface area contributed by atoms with E-state index >= 15 is 0 Å². The van der Waals surface area contributed by atoms with Gasteiger partial charge in [-0.15, -0.1) is 0 Å². The Morgan fingerprint density at radius 2 is 1.22 bits per heavy atom. The van der Waals surface area contributed by atoms with Gasteiger partial charge in [0.2, 0.25) is 17.7 Å². The van der Waals surface area contributed by atoms with E-state index in [0.29, 0.717) is 12.8 Å². The summed E-state index contributed by atoms with van der Waals surface area (Å²) in [5.74, 6) is -2.69. The number of hydrogen-bond acceptors (Lipinski definition) is 6. The first-order valence-corrected chi connectivity index (χ1v) is 16.9. The summed E-state index contributed by atoms with van der Waals surface area (Å²) in [6, 6.07) is 25.4. The van der Waals surface area contributed by atoms with Gasteiger partial charge < -0.3 is 31.5 Å². The lowest BCUT2D eigenvalue weighted by Crippen LogP contribution is -2.56. The number of benzene rings is 3. The van der Waals surface area contributed by atoms with Crippen molar-refractivity contribution in [2.24, 2.45) is 17.6 Å². The fraction of sp³-hybridized carbons (Fsp3) is 0.436. The van der Waals surface area contributed by atoms with Crippen LogP contribution in [0.5, 0.6) is 0 Å². The molecule has 0 aliphatic carbocycles. The Hall–Kier alpha value is -4.70. The molecule has 49 heavy (non-hydrogen) atoms. The maximum absolute atomic E-state index is 14.1. The summed E-state index contributed by atoms with van der Waals surface area (Å²) in [7, 11) is 0. The van der Waals surface area contributed by atoms with Gasteiger partial charge in [-0.2, -0.15) is 0 Å². The summed E-state index contributed by atoms with van der Waals surface area (Å²) in [6.07, 6.45) is -0.475. The van der Waals surface area contributed by atoms with E-state index in [1.54, 1.807) is 20.8 Å². The molecule has 0 aromatic heterocycles. The first-order valence-electron chi connectivity index (χ1n) is 16.9. The van der Waals surface area contributed by atoms with Gasteiger partial charge in [0.05, 0.1) is 12.1 Å². The van der Waals surface area contributed by atoms with Crippen molar-refractivity contribution in [2.45, 2.75) is 96.6 Å². The van der Waals surface area contributed by atoms with E-state index in [0.717, 1.165) is 16.7 Å². The van der Waals surface area contributed by atoms with Crippen LogP contribution in [0, 0.1) is 11.8 Å². The highest BCUT2D eigenvalue weighted by molar-refractivity contribution is 5.92. The van der Waals surface area contributed by atoms with Crippen LogP contribution in [0.1, 0.15) is 64.2 Å². The van der Waals surface area contributed by atoms with Gasteiger partial charge >= 0.3 is 6.09 Å². The number of alkyl carbamates (subject to hydrolysis) is 1. The third-order valence-electron chi connectivity index (χ3n) is 8.42. The van der Waals surface area contributed by atoms with Gasteiger partial charge in [-0.1, -0.05) is 111 Å². The van der Waals surface area contributed by atoms with Gasteiger partial charge in [-0.05, 0) is 62.6 Å². The van der Waals surface area contributed by atoms with Crippen LogP contribution in [-0.2, 0) is 38.4 Å². The zero-order valence-electron chi connectivity index (χ0n) is 29.2. The molecule has 0 radical (unpaired) electrons. The Bertz CT molecular complexity index is 1480. The summed E-state index contributed by atoms with van der Waals surface area (Å²) in [4.78, 5) is 53.0. The highest BCUT2D eigenvalue weighted by Crippen LogP contribution is 2.21. The van der Waals surface area contributed by atoms with Crippen molar-refractivity contribution in [1.29, 1.82) is 0 Å². The summed E-state index contributed by atoms with van der Waals surface area (Å²) in [5.41, 5.74) is 7.52. The number of rotatable bonds is 17. The lowest BCUT2D eigenvalue weighted by molar-refractivity contribution is -0.134. The number of carbonyl (C=O) groups is 4. The van der Waals surface area contributed by atoms with Crippen LogP contribution in [0.25, 0.3) is 0 Å². The second-order valence-electron chi connectivity index (χ2n) is 13.7. The Morgan fingerprint density at radius 1 is 0.735 bits per heavy atom. The van der Waals surface area contributed by atoms with Crippen LogP contribution >= 0.6 is 0 Å². The van der Waals surface area contributed by atoms with E-state index in [1.807, 2.05) is 105 Å². The van der Waals surface area contributed by atoms with Crippen molar-refractivity contribution >= 4 is 23.8 Å². The molecular formula is C39H52N4O6. The Kier molecular flexibility index (Phi) is 14.8. The van der Waals surface area contributed by atoms with Crippen molar-refractivity contribution in [2.75, 3.05) is 0 Å². The number of hydrogen-bond donors (Lipinski definition) is 5. The molecule has 3 aromatic carbocycles. The fourth-order valence-corrected chi connectivity index (χ4v) is 5.55. The van der Waals surface area contributed by atoms with Crippen LogP contribution in [0.4, 0.5) is 4.79 Å². The molecule has 0 aliphatic heterocycles. The highest BCUT2D eigenvalue weighted by atomic mass is 16.6. The zero-order valence-corrected chi connectivity index (χ0v) is 29.2. The minimum atomic E-state index is -1.15. The predicted molar refractivity (Wildman–Crippen MR) is 190 cm³/mol. The summed E-state index contributed by atoms with van der Waals surface area (Å²) in [5, 5.41) is 20.2. The Morgan fingerprint density at radius 3 is 1.69 bits per heavy atom. The minimum absolute atomic E-state index is 0.0131. The molecule has 264 valence electrons. The predicted octanol–water partition coefficient (Wildman–Crippen LogP) is 4.48. The third kappa shape index (κ3) is 13.4. The first-order chi connectivity index (χ1) is 23.3. The molecule has 6 atom stereocenters. The molecule has 6 N–H and O–H groups in total. The Balaban J connectivity index is 1.86. The quantitative estimate of drug-likeness (QED) is 0.142. The molecule has 0 aliphatic rings. The number of carbonyl (C=O) groups excluding carboxylic acids is 4. The average Bonchev–Trinajstić information content (AvgIpc) is 3.06. The molecule has 10 heteroatoms. The van der Waals surface area contributed by atoms with Crippen molar-refractivity contribution in [3.63, 3.8) is 0 Å². The van der Waals surface area contributed by atoms with Gasteiger partial charge in [0.25, 0.3) is 0 Å². The molecular weight excluding hydrogens is 620 g/mol. The molecule has 0 fully saturated rings. The van der Waals surface area contributed by atoms with Gasteiger partial charge in [0, 0.05) is 12.3 Å². The van der Waals surface area contributed by atoms with Crippen LogP contribution in [0.3, 0.4) is 0 Å². The molecule has 0 spiro atoms. The molecule has 0 bridgehead atoms. The monoisotopic (exact) mass is 672 g/mol. The van der Waals surface area contributed by atoms with Gasteiger partial charge in [-0.25, -0.2) is 4.79 Å². The van der Waals surface area contributed by atoms with Gasteiger partial charge in [0.1, 0.15) is 17.7 Å². The summed E-state index contributed by atoms with van der Waals surface area (Å²) < 4.78 is 5.49. The number of amides is 4. The SMILES string of the molecule is CC[C@H](C)[C@H](NC(=O)[C@H](Cc1ccccc1)C[C@@H](O)[C@H](Cc1ccccc1)NC(=O)OC(C)(C)C)C(=O)N[C@@H](Cc1ccccc1)C(N)=O. The van der Waals surface area contributed by atoms with E-state index in [-0.39, 0.29) is 25.2 Å². The van der Waals surface area contributed by atoms with Crippen LogP contribution in [0.2, 0.25) is 0 Å². The standard InChI is InChI=1S/C39H52N4O6/c1-6-26(2)34(37(47)41-32(35(40)45)24-29-20-14-9-15-21-29)43-36(46)30(22-27-16-10-7-11-17-27)25-33(44)31(23-28-18-12-8-13-19-28)42-38(48)49-39(3,4)5/h7-21,26,30-34,44H,6,22-25H2,1-5H3,(H2,40,45)(H,41,47)(H,42,48)(H,43,46)/t26-,30+,31-,32-,33+,34-/m0/s1. The van der Waals surface area contributed by atoms with Crippen molar-refractivity contribution in [3.05, 3.63) is 108 Å². The van der Waals surface area contributed by atoms with Crippen molar-refractivity contribution in [3.8, 4) is 0 Å². The fourth-order valence-electron chi connectivity index (χ4n) is 5.55. The smallest absolute Gasteiger partial charge is 0.407 e. The van der Waals surface area contributed by atoms with Crippen LogP contribution in [-0.4, -0.2) is 58.8 Å². The second kappa shape index (κ2) is 18.7. The minimum Gasteiger partial charge on any atom is -0.444 e. The number of ether oxygens (including phenoxy) is 1. The molecule has 3 aromatic rings. The molecule has 10 nitrogen and oxygen atoms in total. The Labute approximate surface area is 290 Å². The number of aliphatic hydroxyl groups excluding tert-OH is 1. The van der Waals surface area contributed by atoms with Crippen molar-refractivity contribution < 1.29 is 29.0 Å². The first kappa shape index (κ1) is 38.7. The van der Waals surface area contributed by atoms with E-state index in [4.69, 9.17) is 10.5 Å². The number of nitrogens with two attached hydrogens (primary N) is 1. The summed E-state index contributed by atoms with van der Waals surface area (Å²) >= 11 is 0. The maximum atomic E-state index is 14.1. The molecule has 0 heterocycles. The molecule has 0 saturated heterocycles. The topological polar surface area (TPSA) is 160 Å². The number of nitrogens with one attached hydrogen (secondary N) is 3. The summed E-state index contributed by atoms with van der Waals surface area (Å²) in [6.45, 7) is 9.03. The molecule has 0 unspecified atom stereocenters. The average molecular weight is 673 g/mol. The molecule has 0 saturated carbocycles. The largest absolute Gasteiger partial charge is 0.444 e. The number of primary amides is 1. The number of aliphatic hydroxyl groups is 1. The molecule has 3 rings (SSSR count). The van der Waals surface area contributed by atoms with E-state index in [9.17, 15) is 24.3 Å². The lowest BCUT2D eigenvalue weighted by Gasteiger charge is -2.31.